The molecule has 1 aromatic heterocycles. The number of carbonyl (C=O) groups excluding carboxylic acids is 1. The van der Waals surface area contributed by atoms with Gasteiger partial charge in [-0.15, -0.1) is 0 Å². The standard InChI is InChI=1S/C18H20N2O2/c21-17(14-6-2-1-3-7-14)12-16-9-5-11-20(16)18(22)15-8-4-10-19-13-15/h1-4,6-8,10,13,16-17,21H,5,9,11-12H2. The van der Waals surface area contributed by atoms with Crippen molar-refractivity contribution in [1.29, 1.82) is 0 Å². The lowest BCUT2D eigenvalue weighted by molar-refractivity contribution is 0.0666. The van der Waals surface area contributed by atoms with E-state index in [1.807, 2.05) is 35.2 Å². The molecule has 1 fully saturated rings. The van der Waals surface area contributed by atoms with Crippen LogP contribution in [0.25, 0.3) is 0 Å². The molecule has 1 aliphatic rings. The van der Waals surface area contributed by atoms with E-state index < -0.39 is 6.10 Å². The molecule has 3 rings (SSSR count). The first-order chi connectivity index (χ1) is 10.8. The van der Waals surface area contributed by atoms with Crippen LogP contribution in [0.1, 0.15) is 41.3 Å². The minimum Gasteiger partial charge on any atom is -0.388 e. The number of likely N-dealkylation sites (tertiary alicyclic amines) is 1. The number of amides is 1. The fourth-order valence-corrected chi connectivity index (χ4v) is 3.07. The summed E-state index contributed by atoms with van der Waals surface area (Å²) >= 11 is 0. The van der Waals surface area contributed by atoms with Crippen LogP contribution in [-0.4, -0.2) is 33.5 Å². The van der Waals surface area contributed by atoms with Gasteiger partial charge in [0, 0.05) is 25.0 Å². The SMILES string of the molecule is O=C(c1cccnc1)N1CCCC1CC(O)c1ccccc1. The third kappa shape index (κ3) is 3.17. The van der Waals surface area contributed by atoms with Crippen molar-refractivity contribution in [3.05, 3.63) is 66.0 Å². The Bertz CT molecular complexity index is 615. The molecule has 4 heteroatoms. The molecule has 0 radical (unpaired) electrons. The highest BCUT2D eigenvalue weighted by Gasteiger charge is 2.31. The largest absolute Gasteiger partial charge is 0.388 e. The van der Waals surface area contributed by atoms with Crippen LogP contribution in [0.3, 0.4) is 0 Å². The Morgan fingerprint density at radius 2 is 2.09 bits per heavy atom. The van der Waals surface area contributed by atoms with Crippen LogP contribution >= 0.6 is 0 Å². The number of aromatic nitrogens is 1. The molecule has 0 saturated carbocycles. The first-order valence-electron chi connectivity index (χ1n) is 7.69. The zero-order valence-corrected chi connectivity index (χ0v) is 12.4. The van der Waals surface area contributed by atoms with E-state index in [2.05, 4.69) is 4.98 Å². The van der Waals surface area contributed by atoms with Gasteiger partial charge >= 0.3 is 0 Å². The first kappa shape index (κ1) is 14.7. The first-order valence-corrected chi connectivity index (χ1v) is 7.69. The molecule has 0 bridgehead atoms. The molecule has 2 unspecified atom stereocenters. The van der Waals surface area contributed by atoms with E-state index in [1.54, 1.807) is 24.5 Å². The Morgan fingerprint density at radius 1 is 1.27 bits per heavy atom. The predicted molar refractivity (Wildman–Crippen MR) is 84.3 cm³/mol. The summed E-state index contributed by atoms with van der Waals surface area (Å²) in [6.07, 6.45) is 5.24. The van der Waals surface area contributed by atoms with Crippen LogP contribution in [-0.2, 0) is 0 Å². The van der Waals surface area contributed by atoms with Crippen molar-refractivity contribution >= 4 is 5.91 Å². The number of aliphatic hydroxyl groups excluding tert-OH is 1. The van der Waals surface area contributed by atoms with Crippen molar-refractivity contribution in [2.75, 3.05) is 6.54 Å². The van der Waals surface area contributed by atoms with Crippen molar-refractivity contribution in [2.45, 2.75) is 31.4 Å². The van der Waals surface area contributed by atoms with E-state index in [-0.39, 0.29) is 11.9 Å². The normalized spacial score (nSPS) is 19.1. The number of aliphatic hydroxyl groups is 1. The van der Waals surface area contributed by atoms with Crippen molar-refractivity contribution in [2.24, 2.45) is 0 Å². The number of pyridine rings is 1. The Labute approximate surface area is 130 Å². The minimum atomic E-state index is -0.534. The molecule has 1 aliphatic heterocycles. The summed E-state index contributed by atoms with van der Waals surface area (Å²) in [4.78, 5) is 18.5. The van der Waals surface area contributed by atoms with Crippen molar-refractivity contribution in [1.82, 2.24) is 9.88 Å². The third-order valence-electron chi connectivity index (χ3n) is 4.23. The lowest BCUT2D eigenvalue weighted by Crippen LogP contribution is -2.36. The predicted octanol–water partition coefficient (Wildman–Crippen LogP) is 2.81. The van der Waals surface area contributed by atoms with Gasteiger partial charge in [-0.2, -0.15) is 0 Å². The smallest absolute Gasteiger partial charge is 0.255 e. The molecule has 22 heavy (non-hydrogen) atoms. The van der Waals surface area contributed by atoms with E-state index in [9.17, 15) is 9.90 Å². The maximum atomic E-state index is 12.6. The van der Waals surface area contributed by atoms with Gasteiger partial charge in [0.1, 0.15) is 0 Å². The number of hydrogen-bond acceptors (Lipinski definition) is 3. The second-order valence-electron chi connectivity index (χ2n) is 5.70. The number of benzene rings is 1. The van der Waals surface area contributed by atoms with E-state index in [0.717, 1.165) is 24.9 Å². The molecule has 0 spiro atoms. The van der Waals surface area contributed by atoms with Gasteiger partial charge in [-0.25, -0.2) is 0 Å². The molecule has 4 nitrogen and oxygen atoms in total. The highest BCUT2D eigenvalue weighted by Crippen LogP contribution is 2.28. The zero-order chi connectivity index (χ0) is 15.4. The second kappa shape index (κ2) is 6.71. The number of nitrogens with zero attached hydrogens (tertiary/aromatic N) is 2. The zero-order valence-electron chi connectivity index (χ0n) is 12.4. The van der Waals surface area contributed by atoms with Crippen LogP contribution in [0.15, 0.2) is 54.9 Å². The van der Waals surface area contributed by atoms with Gasteiger partial charge in [-0.3, -0.25) is 9.78 Å². The Hall–Kier alpha value is -2.20. The summed E-state index contributed by atoms with van der Waals surface area (Å²) in [6.45, 7) is 0.750. The Kier molecular flexibility index (Phi) is 4.49. The molecular formula is C18H20N2O2. The van der Waals surface area contributed by atoms with E-state index in [0.29, 0.717) is 12.0 Å². The maximum Gasteiger partial charge on any atom is 0.255 e. The van der Waals surface area contributed by atoms with Gasteiger partial charge in [0.25, 0.3) is 5.91 Å². The van der Waals surface area contributed by atoms with Crippen LogP contribution in [0.5, 0.6) is 0 Å². The van der Waals surface area contributed by atoms with Gasteiger partial charge in [0.15, 0.2) is 0 Å². The summed E-state index contributed by atoms with van der Waals surface area (Å²) in [5, 5.41) is 10.4. The molecule has 114 valence electrons. The molecule has 1 amide bonds. The Morgan fingerprint density at radius 3 is 2.82 bits per heavy atom. The lowest BCUT2D eigenvalue weighted by Gasteiger charge is -2.26. The summed E-state index contributed by atoms with van der Waals surface area (Å²) < 4.78 is 0. The van der Waals surface area contributed by atoms with E-state index >= 15 is 0 Å². The number of hydrogen-bond donors (Lipinski definition) is 1. The van der Waals surface area contributed by atoms with Crippen molar-refractivity contribution < 1.29 is 9.90 Å². The highest BCUT2D eigenvalue weighted by atomic mass is 16.3. The van der Waals surface area contributed by atoms with Crippen molar-refractivity contribution in [3.63, 3.8) is 0 Å². The molecule has 2 heterocycles. The molecule has 1 aromatic carbocycles. The summed E-state index contributed by atoms with van der Waals surface area (Å²) in [7, 11) is 0. The average molecular weight is 296 g/mol. The third-order valence-corrected chi connectivity index (χ3v) is 4.23. The van der Waals surface area contributed by atoms with Crippen LogP contribution in [0, 0.1) is 0 Å². The number of rotatable bonds is 4. The summed E-state index contributed by atoms with van der Waals surface area (Å²) in [5.41, 5.74) is 1.52. The van der Waals surface area contributed by atoms with E-state index in [1.165, 1.54) is 0 Å². The van der Waals surface area contributed by atoms with Gasteiger partial charge in [-0.1, -0.05) is 30.3 Å². The summed E-state index contributed by atoms with van der Waals surface area (Å²) in [5.74, 6) is 0.0101. The minimum absolute atomic E-state index is 0.0101. The topological polar surface area (TPSA) is 53.4 Å². The fraction of sp³-hybridized carbons (Fsp3) is 0.333. The quantitative estimate of drug-likeness (QED) is 0.944. The monoisotopic (exact) mass is 296 g/mol. The van der Waals surface area contributed by atoms with Crippen LogP contribution in [0.4, 0.5) is 0 Å². The van der Waals surface area contributed by atoms with E-state index in [4.69, 9.17) is 0 Å². The van der Waals surface area contributed by atoms with Crippen molar-refractivity contribution in [3.8, 4) is 0 Å². The van der Waals surface area contributed by atoms with Gasteiger partial charge in [0.05, 0.1) is 11.7 Å². The molecular weight excluding hydrogens is 276 g/mol. The fourth-order valence-electron chi connectivity index (χ4n) is 3.07. The molecule has 2 aromatic rings. The lowest BCUT2D eigenvalue weighted by atomic mass is 10.0. The second-order valence-corrected chi connectivity index (χ2v) is 5.70. The average Bonchev–Trinajstić information content (AvgIpc) is 3.04. The van der Waals surface area contributed by atoms with Crippen LogP contribution < -0.4 is 0 Å². The molecule has 1 N–H and O–H groups in total. The van der Waals surface area contributed by atoms with Crippen LogP contribution in [0.2, 0.25) is 0 Å². The van der Waals surface area contributed by atoms with Gasteiger partial charge in [0.2, 0.25) is 0 Å². The summed E-state index contributed by atoms with van der Waals surface area (Å²) in [6, 6.07) is 13.3. The highest BCUT2D eigenvalue weighted by molar-refractivity contribution is 5.94. The number of carbonyl (C=O) groups is 1. The molecule has 2 atom stereocenters. The Balaban J connectivity index is 1.70. The van der Waals surface area contributed by atoms with Gasteiger partial charge < -0.3 is 10.0 Å². The molecule has 1 saturated heterocycles. The maximum absolute atomic E-state index is 12.6. The molecule has 0 aliphatic carbocycles. The van der Waals surface area contributed by atoms with Gasteiger partial charge in [-0.05, 0) is 37.0 Å².